The van der Waals surface area contributed by atoms with Crippen LogP contribution in [0.2, 0.25) is 0 Å². The molecule has 0 spiro atoms. The summed E-state index contributed by atoms with van der Waals surface area (Å²) in [6.45, 7) is 5.20. The topological polar surface area (TPSA) is 55.5 Å². The maximum Gasteiger partial charge on any atom is 0.191 e. The van der Waals surface area contributed by atoms with Crippen LogP contribution in [-0.2, 0) is 13.1 Å². The summed E-state index contributed by atoms with van der Waals surface area (Å²) in [5, 5.41) is 8.32. The third kappa shape index (κ3) is 5.76. The second-order valence-electron chi connectivity index (χ2n) is 7.98. The molecule has 1 fully saturated rings. The molecule has 3 aromatic rings. The number of nitrogens with one attached hydrogen (secondary N) is 3. The Hall–Kier alpha value is -2.06. The average Bonchev–Trinajstić information content (AvgIpc) is 3.17. The number of halogens is 1. The normalized spacial score (nSPS) is 20.0. The smallest absolute Gasteiger partial charge is 0.191 e. The second kappa shape index (κ2) is 10.8. The monoisotopic (exact) mass is 517 g/mol. The number of H-pyrrole nitrogens is 1. The molecular formula is C24H32IN5. The van der Waals surface area contributed by atoms with Crippen molar-refractivity contribution in [3.63, 3.8) is 0 Å². The van der Waals surface area contributed by atoms with Gasteiger partial charge in [-0.15, -0.1) is 24.0 Å². The van der Waals surface area contributed by atoms with Gasteiger partial charge in [0.15, 0.2) is 5.96 Å². The van der Waals surface area contributed by atoms with Crippen LogP contribution in [0.1, 0.15) is 31.0 Å². The maximum atomic E-state index is 4.43. The van der Waals surface area contributed by atoms with E-state index < -0.39 is 0 Å². The first-order valence-corrected chi connectivity index (χ1v) is 10.5. The molecule has 1 aromatic heterocycles. The minimum absolute atomic E-state index is 0. The van der Waals surface area contributed by atoms with Gasteiger partial charge in [-0.2, -0.15) is 0 Å². The third-order valence-corrected chi connectivity index (χ3v) is 5.84. The van der Waals surface area contributed by atoms with Crippen LogP contribution in [0.3, 0.4) is 0 Å². The van der Waals surface area contributed by atoms with Gasteiger partial charge in [0.25, 0.3) is 0 Å². The fraction of sp³-hybridized carbons (Fsp3) is 0.375. The first-order valence-electron chi connectivity index (χ1n) is 10.5. The molecule has 2 heterocycles. The molecular weight excluding hydrogens is 485 g/mol. The van der Waals surface area contributed by atoms with Gasteiger partial charge < -0.3 is 15.6 Å². The highest BCUT2D eigenvalue weighted by Gasteiger charge is 2.25. The fourth-order valence-electron chi connectivity index (χ4n) is 4.20. The lowest BCUT2D eigenvalue weighted by Crippen LogP contribution is -2.51. The van der Waals surface area contributed by atoms with E-state index in [4.69, 9.17) is 0 Å². The van der Waals surface area contributed by atoms with Gasteiger partial charge in [0.2, 0.25) is 0 Å². The van der Waals surface area contributed by atoms with Gasteiger partial charge in [-0.1, -0.05) is 48.5 Å². The molecule has 6 heteroatoms. The SMILES string of the molecule is CN=C(NCc1cc2ccccc2[nH]1)NC1CCN(Cc2ccccc2)C(C)C1.I. The summed E-state index contributed by atoms with van der Waals surface area (Å²) in [5.41, 5.74) is 3.73. The molecule has 3 N–H and O–H groups in total. The standard InChI is InChI=1S/C24H31N5.HI/c1-18-14-21(12-13-29(18)17-19-8-4-3-5-9-19)28-24(25-2)26-16-22-15-20-10-6-7-11-23(20)27-22;/h3-11,15,18,21,27H,12-14,16-17H2,1-2H3,(H2,25,26,28);1H. The van der Waals surface area contributed by atoms with Crippen LogP contribution in [0.15, 0.2) is 65.7 Å². The molecule has 1 aliphatic heterocycles. The Morgan fingerprint density at radius 2 is 1.90 bits per heavy atom. The number of hydrogen-bond donors (Lipinski definition) is 3. The number of likely N-dealkylation sites (tertiary alicyclic amines) is 1. The Bertz CT molecular complexity index is 919. The molecule has 4 rings (SSSR count). The van der Waals surface area contributed by atoms with Crippen molar-refractivity contribution in [3.8, 4) is 0 Å². The number of aromatic amines is 1. The number of piperidine rings is 1. The summed E-state index contributed by atoms with van der Waals surface area (Å²) >= 11 is 0. The van der Waals surface area contributed by atoms with Crippen LogP contribution in [0, 0.1) is 0 Å². The largest absolute Gasteiger partial charge is 0.357 e. The summed E-state index contributed by atoms with van der Waals surface area (Å²) < 4.78 is 0. The molecule has 2 aromatic carbocycles. The first-order chi connectivity index (χ1) is 14.2. The summed E-state index contributed by atoms with van der Waals surface area (Å²) in [6, 6.07) is 22.3. The maximum absolute atomic E-state index is 4.43. The van der Waals surface area contributed by atoms with Crippen LogP contribution in [-0.4, -0.2) is 41.5 Å². The summed E-state index contributed by atoms with van der Waals surface area (Å²) in [6.07, 6.45) is 2.25. The number of benzene rings is 2. The van der Waals surface area contributed by atoms with E-state index in [0.29, 0.717) is 12.1 Å². The lowest BCUT2D eigenvalue weighted by molar-refractivity contribution is 0.134. The molecule has 5 nitrogen and oxygen atoms in total. The van der Waals surface area contributed by atoms with Gasteiger partial charge in [-0.25, -0.2) is 0 Å². The highest BCUT2D eigenvalue weighted by atomic mass is 127. The van der Waals surface area contributed by atoms with E-state index in [1.165, 1.54) is 22.2 Å². The number of guanidine groups is 1. The number of fused-ring (bicyclic) bond motifs is 1. The Labute approximate surface area is 196 Å². The molecule has 0 saturated carbocycles. The third-order valence-electron chi connectivity index (χ3n) is 5.84. The van der Waals surface area contributed by atoms with E-state index in [1.807, 2.05) is 7.05 Å². The average molecular weight is 517 g/mol. The lowest BCUT2D eigenvalue weighted by atomic mass is 9.97. The molecule has 1 aliphatic rings. The van der Waals surface area contributed by atoms with E-state index in [1.54, 1.807) is 0 Å². The van der Waals surface area contributed by atoms with Gasteiger partial charge in [0.05, 0.1) is 6.54 Å². The highest BCUT2D eigenvalue weighted by molar-refractivity contribution is 14.0. The van der Waals surface area contributed by atoms with E-state index in [0.717, 1.165) is 38.4 Å². The van der Waals surface area contributed by atoms with Gasteiger partial charge >= 0.3 is 0 Å². The molecule has 0 aliphatic carbocycles. The van der Waals surface area contributed by atoms with Crippen molar-refractivity contribution in [2.24, 2.45) is 4.99 Å². The number of hydrogen-bond acceptors (Lipinski definition) is 2. The number of para-hydroxylation sites is 1. The second-order valence-corrected chi connectivity index (χ2v) is 7.98. The molecule has 160 valence electrons. The number of rotatable bonds is 5. The summed E-state index contributed by atoms with van der Waals surface area (Å²) in [5.74, 6) is 0.873. The fourth-order valence-corrected chi connectivity index (χ4v) is 4.20. The van der Waals surface area contributed by atoms with Crippen LogP contribution >= 0.6 is 24.0 Å². The van der Waals surface area contributed by atoms with E-state index in [2.05, 4.69) is 93.1 Å². The number of nitrogens with zero attached hydrogens (tertiary/aromatic N) is 2. The van der Waals surface area contributed by atoms with Crippen molar-refractivity contribution in [3.05, 3.63) is 71.9 Å². The van der Waals surface area contributed by atoms with Crippen molar-refractivity contribution < 1.29 is 0 Å². The minimum atomic E-state index is 0. The van der Waals surface area contributed by atoms with E-state index in [-0.39, 0.29) is 24.0 Å². The zero-order chi connectivity index (χ0) is 20.1. The Morgan fingerprint density at radius 1 is 1.13 bits per heavy atom. The summed E-state index contributed by atoms with van der Waals surface area (Å²) in [7, 11) is 1.84. The Balaban J connectivity index is 0.00000256. The van der Waals surface area contributed by atoms with Crippen LogP contribution in [0.4, 0.5) is 0 Å². The zero-order valence-electron chi connectivity index (χ0n) is 17.8. The van der Waals surface area contributed by atoms with Crippen molar-refractivity contribution >= 4 is 40.8 Å². The Morgan fingerprint density at radius 3 is 2.63 bits per heavy atom. The van der Waals surface area contributed by atoms with Crippen molar-refractivity contribution in [1.82, 2.24) is 20.5 Å². The predicted octanol–water partition coefficient (Wildman–Crippen LogP) is 4.50. The molecule has 0 radical (unpaired) electrons. The molecule has 0 amide bonds. The van der Waals surface area contributed by atoms with Crippen molar-refractivity contribution in [2.45, 2.75) is 44.9 Å². The van der Waals surface area contributed by atoms with Crippen molar-refractivity contribution in [2.75, 3.05) is 13.6 Å². The molecule has 2 unspecified atom stereocenters. The van der Waals surface area contributed by atoms with Gasteiger partial charge in [-0.05, 0) is 42.8 Å². The minimum Gasteiger partial charge on any atom is -0.357 e. The quantitative estimate of drug-likeness (QED) is 0.265. The molecule has 1 saturated heterocycles. The number of aromatic nitrogens is 1. The van der Waals surface area contributed by atoms with E-state index in [9.17, 15) is 0 Å². The highest BCUT2D eigenvalue weighted by Crippen LogP contribution is 2.20. The van der Waals surface area contributed by atoms with Gasteiger partial charge in [0.1, 0.15) is 0 Å². The molecule has 2 atom stereocenters. The van der Waals surface area contributed by atoms with Gasteiger partial charge in [-0.3, -0.25) is 9.89 Å². The van der Waals surface area contributed by atoms with Crippen LogP contribution in [0.5, 0.6) is 0 Å². The Kier molecular flexibility index (Phi) is 8.16. The van der Waals surface area contributed by atoms with E-state index >= 15 is 0 Å². The predicted molar refractivity (Wildman–Crippen MR) is 136 cm³/mol. The first kappa shape index (κ1) is 22.6. The van der Waals surface area contributed by atoms with Crippen LogP contribution < -0.4 is 10.6 Å². The molecule has 0 bridgehead atoms. The van der Waals surface area contributed by atoms with Crippen LogP contribution in [0.25, 0.3) is 10.9 Å². The summed E-state index contributed by atoms with van der Waals surface area (Å²) in [4.78, 5) is 10.5. The van der Waals surface area contributed by atoms with Crippen molar-refractivity contribution in [1.29, 1.82) is 0 Å². The molecule has 30 heavy (non-hydrogen) atoms. The lowest BCUT2D eigenvalue weighted by Gasteiger charge is -2.38. The number of aliphatic imine (C=N–C) groups is 1. The zero-order valence-corrected chi connectivity index (χ0v) is 20.1. The van der Waals surface area contributed by atoms with Gasteiger partial charge in [0, 0.05) is 43.4 Å².